The fourth-order valence-corrected chi connectivity index (χ4v) is 1.21. The number of ketones is 1. The van der Waals surface area contributed by atoms with E-state index in [0.717, 1.165) is 18.2 Å². The monoisotopic (exact) mass is 227 g/mol. The third-order valence-corrected chi connectivity index (χ3v) is 2.50. The van der Waals surface area contributed by atoms with Gasteiger partial charge in [-0.1, -0.05) is 0 Å². The van der Waals surface area contributed by atoms with Crippen LogP contribution in [-0.2, 0) is 0 Å². The standard InChI is InChI=1S/C12H15F2NO/c1-8(2)15(3)7-12(16)10-6-9(13)4-5-11(10)14/h4-6,8H,7H2,1-3H3. The SMILES string of the molecule is CC(C)N(C)CC(=O)c1cc(F)ccc1F. The molecule has 0 N–H and O–H groups in total. The molecular weight excluding hydrogens is 212 g/mol. The molecule has 0 radical (unpaired) electrons. The van der Waals surface area contributed by atoms with E-state index in [4.69, 9.17) is 0 Å². The van der Waals surface area contributed by atoms with Crippen LogP contribution in [0, 0.1) is 11.6 Å². The highest BCUT2D eigenvalue weighted by molar-refractivity contribution is 5.97. The number of hydrogen-bond donors (Lipinski definition) is 0. The molecule has 0 spiro atoms. The van der Waals surface area contributed by atoms with E-state index < -0.39 is 17.4 Å². The summed E-state index contributed by atoms with van der Waals surface area (Å²) in [4.78, 5) is 13.5. The first-order valence-corrected chi connectivity index (χ1v) is 5.10. The van der Waals surface area contributed by atoms with Gasteiger partial charge < -0.3 is 0 Å². The summed E-state index contributed by atoms with van der Waals surface area (Å²) in [5.41, 5.74) is -0.187. The molecule has 1 aromatic rings. The van der Waals surface area contributed by atoms with Crippen molar-refractivity contribution in [1.29, 1.82) is 0 Å². The average Bonchev–Trinajstić information content (AvgIpc) is 2.21. The summed E-state index contributed by atoms with van der Waals surface area (Å²) in [6.07, 6.45) is 0. The smallest absolute Gasteiger partial charge is 0.179 e. The number of carbonyl (C=O) groups excluding carboxylic acids is 1. The Morgan fingerprint density at radius 1 is 1.38 bits per heavy atom. The van der Waals surface area contributed by atoms with Gasteiger partial charge in [0.05, 0.1) is 12.1 Å². The summed E-state index contributed by atoms with van der Waals surface area (Å²) in [6.45, 7) is 3.93. The van der Waals surface area contributed by atoms with E-state index in [9.17, 15) is 13.6 Å². The van der Waals surface area contributed by atoms with Crippen LogP contribution in [-0.4, -0.2) is 30.3 Å². The molecule has 0 aromatic heterocycles. The Hall–Kier alpha value is -1.29. The zero-order valence-corrected chi connectivity index (χ0v) is 9.63. The van der Waals surface area contributed by atoms with Crippen molar-refractivity contribution >= 4 is 5.78 Å². The van der Waals surface area contributed by atoms with Crippen LogP contribution in [0.1, 0.15) is 24.2 Å². The van der Waals surface area contributed by atoms with Crippen LogP contribution in [0.15, 0.2) is 18.2 Å². The van der Waals surface area contributed by atoms with Crippen molar-refractivity contribution in [2.45, 2.75) is 19.9 Å². The van der Waals surface area contributed by atoms with Crippen molar-refractivity contribution in [2.75, 3.05) is 13.6 Å². The van der Waals surface area contributed by atoms with Crippen LogP contribution < -0.4 is 0 Å². The van der Waals surface area contributed by atoms with Crippen molar-refractivity contribution in [3.05, 3.63) is 35.4 Å². The minimum Gasteiger partial charge on any atom is -0.296 e. The van der Waals surface area contributed by atoms with Gasteiger partial charge in [-0.25, -0.2) is 8.78 Å². The van der Waals surface area contributed by atoms with Crippen molar-refractivity contribution in [2.24, 2.45) is 0 Å². The van der Waals surface area contributed by atoms with E-state index in [1.54, 1.807) is 11.9 Å². The molecule has 0 heterocycles. The zero-order chi connectivity index (χ0) is 12.3. The molecule has 0 amide bonds. The van der Waals surface area contributed by atoms with Crippen LogP contribution in [0.3, 0.4) is 0 Å². The Morgan fingerprint density at radius 2 is 2.00 bits per heavy atom. The molecular formula is C12H15F2NO. The summed E-state index contributed by atoms with van der Waals surface area (Å²) in [7, 11) is 1.76. The van der Waals surface area contributed by atoms with Crippen molar-refractivity contribution in [3.63, 3.8) is 0 Å². The second-order valence-electron chi connectivity index (χ2n) is 4.06. The zero-order valence-electron chi connectivity index (χ0n) is 9.63. The Bertz CT molecular complexity index is 391. The maximum atomic E-state index is 13.3. The molecule has 16 heavy (non-hydrogen) atoms. The first-order chi connectivity index (χ1) is 7.41. The van der Waals surface area contributed by atoms with Gasteiger partial charge in [0.2, 0.25) is 0 Å². The van der Waals surface area contributed by atoms with Crippen LogP contribution in [0.25, 0.3) is 0 Å². The maximum absolute atomic E-state index is 13.3. The van der Waals surface area contributed by atoms with Crippen LogP contribution >= 0.6 is 0 Å². The lowest BCUT2D eigenvalue weighted by atomic mass is 10.1. The lowest BCUT2D eigenvalue weighted by Gasteiger charge is -2.19. The molecule has 88 valence electrons. The number of nitrogens with zero attached hydrogens (tertiary/aromatic N) is 1. The van der Waals surface area contributed by atoms with Crippen molar-refractivity contribution in [3.8, 4) is 0 Å². The predicted octanol–water partition coefficient (Wildman–Crippen LogP) is 2.49. The molecule has 0 fully saturated rings. The number of halogens is 2. The number of Topliss-reactive ketones (excluding diaryl/α,β-unsaturated/α-hetero) is 1. The summed E-state index contributed by atoms with van der Waals surface area (Å²) < 4.78 is 26.1. The molecule has 0 bridgehead atoms. The molecule has 0 saturated carbocycles. The number of likely N-dealkylation sites (N-methyl/N-ethyl adjacent to an activating group) is 1. The van der Waals surface area contributed by atoms with Gasteiger partial charge in [-0.3, -0.25) is 9.69 Å². The fraction of sp³-hybridized carbons (Fsp3) is 0.417. The van der Waals surface area contributed by atoms with Crippen LogP contribution in [0.5, 0.6) is 0 Å². The lowest BCUT2D eigenvalue weighted by molar-refractivity contribution is 0.0925. The maximum Gasteiger partial charge on any atom is 0.179 e. The Labute approximate surface area is 93.9 Å². The molecule has 0 aliphatic rings. The topological polar surface area (TPSA) is 20.3 Å². The summed E-state index contributed by atoms with van der Waals surface area (Å²) in [5, 5.41) is 0. The van der Waals surface area contributed by atoms with E-state index >= 15 is 0 Å². The highest BCUT2D eigenvalue weighted by Crippen LogP contribution is 2.11. The van der Waals surface area contributed by atoms with Gasteiger partial charge in [-0.05, 0) is 39.1 Å². The van der Waals surface area contributed by atoms with E-state index in [-0.39, 0.29) is 18.2 Å². The number of rotatable bonds is 4. The second-order valence-corrected chi connectivity index (χ2v) is 4.06. The Morgan fingerprint density at radius 3 is 2.56 bits per heavy atom. The Kier molecular flexibility index (Phi) is 4.12. The normalized spacial score (nSPS) is 11.2. The van der Waals surface area contributed by atoms with Gasteiger partial charge in [-0.15, -0.1) is 0 Å². The number of hydrogen-bond acceptors (Lipinski definition) is 2. The van der Waals surface area contributed by atoms with Gasteiger partial charge >= 0.3 is 0 Å². The first-order valence-electron chi connectivity index (χ1n) is 5.10. The average molecular weight is 227 g/mol. The van der Waals surface area contributed by atoms with Crippen molar-refractivity contribution < 1.29 is 13.6 Å². The number of benzene rings is 1. The van der Waals surface area contributed by atoms with Gasteiger partial charge in [0, 0.05) is 6.04 Å². The minimum atomic E-state index is -0.677. The number of carbonyl (C=O) groups is 1. The van der Waals surface area contributed by atoms with Crippen molar-refractivity contribution in [1.82, 2.24) is 4.90 Å². The molecule has 1 aromatic carbocycles. The molecule has 4 heteroatoms. The molecule has 0 aliphatic heterocycles. The van der Waals surface area contributed by atoms with E-state index in [2.05, 4.69) is 0 Å². The molecule has 0 saturated heterocycles. The van der Waals surface area contributed by atoms with Gasteiger partial charge in [0.25, 0.3) is 0 Å². The minimum absolute atomic E-state index is 0.0814. The van der Waals surface area contributed by atoms with Crippen LogP contribution in [0.2, 0.25) is 0 Å². The van der Waals surface area contributed by atoms with Gasteiger partial charge in [0.1, 0.15) is 11.6 Å². The lowest BCUT2D eigenvalue weighted by Crippen LogP contribution is -2.32. The predicted molar refractivity (Wildman–Crippen MR) is 58.5 cm³/mol. The van der Waals surface area contributed by atoms with Gasteiger partial charge in [0.15, 0.2) is 5.78 Å². The third kappa shape index (κ3) is 3.10. The highest BCUT2D eigenvalue weighted by Gasteiger charge is 2.15. The second kappa shape index (κ2) is 5.16. The molecule has 0 aliphatic carbocycles. The fourth-order valence-electron chi connectivity index (χ4n) is 1.21. The first kappa shape index (κ1) is 12.8. The third-order valence-electron chi connectivity index (χ3n) is 2.50. The van der Waals surface area contributed by atoms with Crippen LogP contribution in [0.4, 0.5) is 8.78 Å². The summed E-state index contributed by atoms with van der Waals surface area (Å²) >= 11 is 0. The van der Waals surface area contributed by atoms with Gasteiger partial charge in [-0.2, -0.15) is 0 Å². The summed E-state index contributed by atoms with van der Waals surface area (Å²) in [6, 6.07) is 3.09. The largest absolute Gasteiger partial charge is 0.296 e. The van der Waals surface area contributed by atoms with E-state index in [0.29, 0.717) is 0 Å². The van der Waals surface area contributed by atoms with E-state index in [1.165, 1.54) is 0 Å². The summed E-state index contributed by atoms with van der Waals surface area (Å²) in [5.74, 6) is -1.69. The quantitative estimate of drug-likeness (QED) is 0.736. The molecule has 2 nitrogen and oxygen atoms in total. The molecule has 0 unspecified atom stereocenters. The molecule has 0 atom stereocenters. The Balaban J connectivity index is 2.84. The molecule has 1 rings (SSSR count). The highest BCUT2D eigenvalue weighted by atomic mass is 19.1. The van der Waals surface area contributed by atoms with E-state index in [1.807, 2.05) is 13.8 Å².